The summed E-state index contributed by atoms with van der Waals surface area (Å²) in [5.41, 5.74) is 1.74. The minimum Gasteiger partial charge on any atom is -0.463 e. The summed E-state index contributed by atoms with van der Waals surface area (Å²) in [5, 5.41) is 3.06. The van der Waals surface area contributed by atoms with Crippen LogP contribution in [0.25, 0.3) is 17.0 Å². The number of sulfonamides is 1. The van der Waals surface area contributed by atoms with Gasteiger partial charge in [-0.05, 0) is 48.0 Å². The maximum Gasteiger partial charge on any atom is 0.248 e. The van der Waals surface area contributed by atoms with E-state index in [1.165, 1.54) is 42.7 Å². The molecular weight excluding hydrogens is 440 g/mol. The van der Waals surface area contributed by atoms with Crippen molar-refractivity contribution in [1.82, 2.24) is 4.72 Å². The van der Waals surface area contributed by atoms with Gasteiger partial charge in [-0.15, -0.1) is 0 Å². The number of carbonyl (C=O) groups is 1. The first kappa shape index (κ1) is 22.2. The Kier molecular flexibility index (Phi) is 6.48. The van der Waals surface area contributed by atoms with E-state index in [1.54, 1.807) is 24.3 Å². The van der Waals surface area contributed by atoms with Crippen LogP contribution in [0.3, 0.4) is 0 Å². The van der Waals surface area contributed by atoms with Crippen molar-refractivity contribution >= 4 is 38.7 Å². The fourth-order valence-electron chi connectivity index (χ4n) is 3.13. The van der Waals surface area contributed by atoms with Crippen LogP contribution in [0.5, 0.6) is 0 Å². The normalized spacial score (nSPS) is 11.6. The molecule has 0 bridgehead atoms. The maximum atomic E-state index is 12.5. The number of rotatable bonds is 7. The van der Waals surface area contributed by atoms with Crippen molar-refractivity contribution in [2.45, 2.75) is 11.4 Å². The SMILES string of the molecule is O=C(/C=C/c1coc2ccccc2c1=O)Nc1ccc(S(=O)(=O)NCc2ccccc2)cc1. The molecule has 0 unspecified atom stereocenters. The monoisotopic (exact) mass is 460 g/mol. The topological polar surface area (TPSA) is 105 Å². The van der Waals surface area contributed by atoms with Crippen LogP contribution in [0.4, 0.5) is 5.69 Å². The van der Waals surface area contributed by atoms with Gasteiger partial charge in [-0.2, -0.15) is 0 Å². The molecule has 166 valence electrons. The summed E-state index contributed by atoms with van der Waals surface area (Å²) in [4.78, 5) is 24.8. The Hall–Kier alpha value is -4.01. The molecule has 33 heavy (non-hydrogen) atoms. The van der Waals surface area contributed by atoms with Crippen LogP contribution in [0.1, 0.15) is 11.1 Å². The van der Waals surface area contributed by atoms with Crippen molar-refractivity contribution in [3.05, 3.63) is 113 Å². The molecule has 0 spiro atoms. The quantitative estimate of drug-likeness (QED) is 0.407. The summed E-state index contributed by atoms with van der Waals surface area (Å²) in [5.74, 6) is -0.472. The molecule has 7 nitrogen and oxygen atoms in total. The van der Waals surface area contributed by atoms with E-state index in [0.29, 0.717) is 16.7 Å². The Bertz CT molecular complexity index is 1480. The van der Waals surface area contributed by atoms with E-state index in [-0.39, 0.29) is 22.4 Å². The number of amides is 1. The maximum absolute atomic E-state index is 12.5. The number of anilines is 1. The first-order valence-electron chi connectivity index (χ1n) is 10.1. The van der Waals surface area contributed by atoms with Gasteiger partial charge in [-0.25, -0.2) is 13.1 Å². The van der Waals surface area contributed by atoms with Crippen molar-refractivity contribution in [3.63, 3.8) is 0 Å². The molecule has 0 atom stereocenters. The summed E-state index contributed by atoms with van der Waals surface area (Å²) in [7, 11) is -3.69. The van der Waals surface area contributed by atoms with Crippen LogP contribution in [0.2, 0.25) is 0 Å². The average Bonchev–Trinajstić information content (AvgIpc) is 2.84. The van der Waals surface area contributed by atoms with E-state index in [2.05, 4.69) is 10.0 Å². The third-order valence-corrected chi connectivity index (χ3v) is 6.28. The molecule has 0 saturated heterocycles. The van der Waals surface area contributed by atoms with Gasteiger partial charge in [0.2, 0.25) is 15.9 Å². The van der Waals surface area contributed by atoms with Crippen LogP contribution in [-0.2, 0) is 21.4 Å². The van der Waals surface area contributed by atoms with Gasteiger partial charge in [0, 0.05) is 18.3 Å². The second-order valence-electron chi connectivity index (χ2n) is 7.17. The Morgan fingerprint density at radius 1 is 0.909 bits per heavy atom. The van der Waals surface area contributed by atoms with Gasteiger partial charge in [0.05, 0.1) is 15.8 Å². The molecule has 4 rings (SSSR count). The minimum absolute atomic E-state index is 0.0840. The standard InChI is InChI=1S/C25H20N2O5S/c28-24(15-10-19-17-32-23-9-5-4-8-22(23)25(19)29)27-20-11-13-21(14-12-20)33(30,31)26-16-18-6-2-1-3-7-18/h1-15,17,26H,16H2,(H,27,28)/b15-10+. The van der Waals surface area contributed by atoms with Crippen molar-refractivity contribution in [3.8, 4) is 0 Å². The summed E-state index contributed by atoms with van der Waals surface area (Å²) >= 11 is 0. The lowest BCUT2D eigenvalue weighted by Gasteiger charge is -2.08. The van der Waals surface area contributed by atoms with Crippen LogP contribution in [0.15, 0.2) is 105 Å². The minimum atomic E-state index is -3.69. The Morgan fingerprint density at radius 2 is 1.61 bits per heavy atom. The van der Waals surface area contributed by atoms with E-state index in [9.17, 15) is 18.0 Å². The zero-order valence-corrected chi connectivity index (χ0v) is 18.2. The van der Waals surface area contributed by atoms with Gasteiger partial charge < -0.3 is 9.73 Å². The van der Waals surface area contributed by atoms with Crippen LogP contribution >= 0.6 is 0 Å². The van der Waals surface area contributed by atoms with Gasteiger partial charge in [0.25, 0.3) is 0 Å². The average molecular weight is 461 g/mol. The molecule has 0 saturated carbocycles. The van der Waals surface area contributed by atoms with E-state index in [1.807, 2.05) is 30.3 Å². The van der Waals surface area contributed by atoms with E-state index in [4.69, 9.17) is 4.42 Å². The highest BCUT2D eigenvalue weighted by molar-refractivity contribution is 7.89. The number of nitrogens with one attached hydrogen (secondary N) is 2. The van der Waals surface area contributed by atoms with E-state index < -0.39 is 15.9 Å². The second-order valence-corrected chi connectivity index (χ2v) is 8.94. The van der Waals surface area contributed by atoms with Crippen molar-refractivity contribution in [2.75, 3.05) is 5.32 Å². The van der Waals surface area contributed by atoms with Crippen LogP contribution < -0.4 is 15.5 Å². The Labute approximate surface area is 190 Å². The molecule has 2 N–H and O–H groups in total. The zero-order valence-electron chi connectivity index (χ0n) is 17.4. The molecule has 0 fully saturated rings. The predicted molar refractivity (Wildman–Crippen MR) is 127 cm³/mol. The van der Waals surface area contributed by atoms with Gasteiger partial charge in [0.1, 0.15) is 11.8 Å². The zero-order chi connectivity index (χ0) is 23.3. The summed E-state index contributed by atoms with van der Waals surface area (Å²) in [6, 6.07) is 21.8. The van der Waals surface area contributed by atoms with Crippen molar-refractivity contribution < 1.29 is 17.6 Å². The Morgan fingerprint density at radius 3 is 2.36 bits per heavy atom. The smallest absolute Gasteiger partial charge is 0.248 e. The highest BCUT2D eigenvalue weighted by Gasteiger charge is 2.13. The largest absolute Gasteiger partial charge is 0.463 e. The number of benzene rings is 3. The van der Waals surface area contributed by atoms with Crippen molar-refractivity contribution in [2.24, 2.45) is 0 Å². The third kappa shape index (κ3) is 5.43. The predicted octanol–water partition coefficient (Wildman–Crippen LogP) is 3.92. The van der Waals surface area contributed by atoms with Gasteiger partial charge in [-0.1, -0.05) is 42.5 Å². The summed E-state index contributed by atoms with van der Waals surface area (Å²) < 4.78 is 32.9. The molecule has 8 heteroatoms. The number of para-hydroxylation sites is 1. The first-order valence-corrected chi connectivity index (χ1v) is 11.5. The van der Waals surface area contributed by atoms with Crippen molar-refractivity contribution in [1.29, 1.82) is 0 Å². The number of hydrogen-bond acceptors (Lipinski definition) is 5. The summed E-state index contributed by atoms with van der Waals surface area (Å²) in [6.07, 6.45) is 3.89. The number of hydrogen-bond donors (Lipinski definition) is 2. The highest BCUT2D eigenvalue weighted by Crippen LogP contribution is 2.15. The van der Waals surface area contributed by atoms with Crippen LogP contribution in [-0.4, -0.2) is 14.3 Å². The molecule has 0 aliphatic heterocycles. The first-order chi connectivity index (χ1) is 15.9. The molecule has 3 aromatic carbocycles. The van der Waals surface area contributed by atoms with Gasteiger partial charge >= 0.3 is 0 Å². The lowest BCUT2D eigenvalue weighted by atomic mass is 10.1. The molecule has 0 radical (unpaired) electrons. The molecular formula is C25H20N2O5S. The molecule has 1 heterocycles. The molecule has 1 aromatic heterocycles. The van der Waals surface area contributed by atoms with Gasteiger partial charge in [0.15, 0.2) is 5.43 Å². The van der Waals surface area contributed by atoms with E-state index in [0.717, 1.165) is 5.56 Å². The van der Waals surface area contributed by atoms with Gasteiger partial charge in [-0.3, -0.25) is 9.59 Å². The highest BCUT2D eigenvalue weighted by atomic mass is 32.2. The lowest BCUT2D eigenvalue weighted by Crippen LogP contribution is -2.23. The number of fused-ring (bicyclic) bond motifs is 1. The fraction of sp³-hybridized carbons (Fsp3) is 0.0400. The molecule has 0 aliphatic carbocycles. The molecule has 0 aliphatic rings. The van der Waals surface area contributed by atoms with Crippen LogP contribution in [0, 0.1) is 0 Å². The summed E-state index contributed by atoms with van der Waals surface area (Å²) in [6.45, 7) is 0.176. The number of carbonyl (C=O) groups excluding carboxylic acids is 1. The molecule has 4 aromatic rings. The Balaban J connectivity index is 1.40. The fourth-order valence-corrected chi connectivity index (χ4v) is 4.15. The molecule has 1 amide bonds. The second kappa shape index (κ2) is 9.64. The third-order valence-electron chi connectivity index (χ3n) is 4.86. The lowest BCUT2D eigenvalue weighted by molar-refractivity contribution is -0.111. The van der Waals surface area contributed by atoms with E-state index >= 15 is 0 Å².